The summed E-state index contributed by atoms with van der Waals surface area (Å²) in [5.74, 6) is -0.937. The Morgan fingerprint density at radius 1 is 1.19 bits per heavy atom. The number of likely N-dealkylation sites (tertiary alicyclic amines) is 1. The predicted octanol–water partition coefficient (Wildman–Crippen LogP) is 3.56. The smallest absolute Gasteiger partial charge is 0.253 e. The van der Waals surface area contributed by atoms with Crippen molar-refractivity contribution < 1.29 is 13.6 Å². The molecule has 2 heterocycles. The first kappa shape index (κ1) is 16.7. The van der Waals surface area contributed by atoms with E-state index in [0.717, 1.165) is 23.5 Å². The number of nitrogens with zero attached hydrogens (tertiary/aromatic N) is 3. The average molecular weight is 355 g/mol. The highest BCUT2D eigenvalue weighted by Crippen LogP contribution is 2.24. The van der Waals surface area contributed by atoms with Crippen LogP contribution in [0, 0.1) is 17.6 Å². The first-order valence-electron chi connectivity index (χ1n) is 8.65. The largest absolute Gasteiger partial charge is 0.338 e. The van der Waals surface area contributed by atoms with Crippen molar-refractivity contribution in [2.24, 2.45) is 13.0 Å². The number of rotatable bonds is 3. The van der Waals surface area contributed by atoms with E-state index in [1.807, 2.05) is 34.7 Å². The number of aryl methyl sites for hydroxylation is 1. The van der Waals surface area contributed by atoms with Gasteiger partial charge in [0.25, 0.3) is 5.91 Å². The second-order valence-electron chi connectivity index (χ2n) is 6.95. The minimum atomic E-state index is -0.561. The number of benzene rings is 2. The highest BCUT2D eigenvalue weighted by molar-refractivity contribution is 5.97. The summed E-state index contributed by atoms with van der Waals surface area (Å²) in [7, 11) is 1.91. The van der Waals surface area contributed by atoms with Crippen LogP contribution >= 0.6 is 0 Å². The Bertz CT molecular complexity index is 962. The number of halogens is 2. The number of carbonyl (C=O) groups excluding carboxylic acids is 1. The van der Waals surface area contributed by atoms with Crippen molar-refractivity contribution in [2.75, 3.05) is 13.1 Å². The molecule has 6 heteroatoms. The first-order chi connectivity index (χ1) is 12.5. The number of imidazole rings is 1. The molecule has 1 fully saturated rings. The second kappa shape index (κ2) is 6.52. The van der Waals surface area contributed by atoms with Gasteiger partial charge in [0.1, 0.15) is 11.6 Å². The SMILES string of the molecule is Cn1cnc2cc(C(=O)N3CCC(Cc4cc(F)cc(F)c4)C3)ccc21. The van der Waals surface area contributed by atoms with Gasteiger partial charge in [0.05, 0.1) is 17.4 Å². The number of carbonyl (C=O) groups is 1. The topological polar surface area (TPSA) is 38.1 Å². The van der Waals surface area contributed by atoms with Gasteiger partial charge in [-0.25, -0.2) is 13.8 Å². The van der Waals surface area contributed by atoms with Crippen LogP contribution in [0.1, 0.15) is 22.3 Å². The van der Waals surface area contributed by atoms with Crippen molar-refractivity contribution >= 4 is 16.9 Å². The molecular formula is C20H19F2N3O. The van der Waals surface area contributed by atoms with Gasteiger partial charge in [-0.3, -0.25) is 4.79 Å². The minimum absolute atomic E-state index is 0.0227. The third-order valence-corrected chi connectivity index (χ3v) is 4.99. The lowest BCUT2D eigenvalue weighted by Crippen LogP contribution is -2.28. The van der Waals surface area contributed by atoms with Crippen LogP contribution < -0.4 is 0 Å². The fourth-order valence-corrected chi connectivity index (χ4v) is 3.70. The lowest BCUT2D eigenvalue weighted by atomic mass is 9.98. The van der Waals surface area contributed by atoms with Gasteiger partial charge in [0.2, 0.25) is 0 Å². The van der Waals surface area contributed by atoms with E-state index in [1.54, 1.807) is 6.33 Å². The predicted molar refractivity (Wildman–Crippen MR) is 94.8 cm³/mol. The van der Waals surface area contributed by atoms with Crippen LogP contribution in [0.4, 0.5) is 8.78 Å². The zero-order chi connectivity index (χ0) is 18.3. The Hall–Kier alpha value is -2.76. The molecule has 3 aromatic rings. The van der Waals surface area contributed by atoms with Crippen molar-refractivity contribution in [3.63, 3.8) is 0 Å². The Balaban J connectivity index is 1.46. The molecule has 0 bridgehead atoms. The summed E-state index contributed by atoms with van der Waals surface area (Å²) in [5.41, 5.74) is 3.03. The zero-order valence-electron chi connectivity index (χ0n) is 14.5. The molecule has 4 nitrogen and oxygen atoms in total. The van der Waals surface area contributed by atoms with Crippen LogP contribution in [0.25, 0.3) is 11.0 Å². The Labute approximate surface area is 150 Å². The van der Waals surface area contributed by atoms with Gasteiger partial charge in [-0.1, -0.05) is 0 Å². The maximum Gasteiger partial charge on any atom is 0.253 e. The number of aromatic nitrogens is 2. The van der Waals surface area contributed by atoms with Crippen LogP contribution in [0.15, 0.2) is 42.7 Å². The van der Waals surface area contributed by atoms with E-state index in [2.05, 4.69) is 4.98 Å². The van der Waals surface area contributed by atoms with Crippen LogP contribution in [-0.4, -0.2) is 33.4 Å². The van der Waals surface area contributed by atoms with Crippen LogP contribution in [0.5, 0.6) is 0 Å². The number of amides is 1. The lowest BCUT2D eigenvalue weighted by molar-refractivity contribution is 0.0787. The average Bonchev–Trinajstić information content (AvgIpc) is 3.20. The quantitative estimate of drug-likeness (QED) is 0.721. The summed E-state index contributed by atoms with van der Waals surface area (Å²) < 4.78 is 28.6. The molecule has 0 aliphatic carbocycles. The first-order valence-corrected chi connectivity index (χ1v) is 8.65. The summed E-state index contributed by atoms with van der Waals surface area (Å²) in [6, 6.07) is 9.14. The number of fused-ring (bicyclic) bond motifs is 1. The molecule has 1 atom stereocenters. The number of hydrogen-bond donors (Lipinski definition) is 0. The van der Waals surface area contributed by atoms with Gasteiger partial charge in [0.15, 0.2) is 0 Å². The highest BCUT2D eigenvalue weighted by Gasteiger charge is 2.27. The van der Waals surface area contributed by atoms with Crippen LogP contribution in [0.3, 0.4) is 0 Å². The van der Waals surface area contributed by atoms with Gasteiger partial charge >= 0.3 is 0 Å². The summed E-state index contributed by atoms with van der Waals surface area (Å²) in [5, 5.41) is 0. The van der Waals surface area contributed by atoms with E-state index in [0.29, 0.717) is 30.6 Å². The molecule has 4 rings (SSSR count). The molecule has 1 aliphatic rings. The number of hydrogen-bond acceptors (Lipinski definition) is 2. The van der Waals surface area contributed by atoms with E-state index in [-0.39, 0.29) is 11.8 Å². The maximum atomic E-state index is 13.3. The van der Waals surface area contributed by atoms with Gasteiger partial charge in [-0.15, -0.1) is 0 Å². The molecule has 26 heavy (non-hydrogen) atoms. The minimum Gasteiger partial charge on any atom is -0.338 e. The molecule has 1 amide bonds. The molecule has 1 saturated heterocycles. The normalized spacial score (nSPS) is 17.2. The Kier molecular flexibility index (Phi) is 4.18. The lowest BCUT2D eigenvalue weighted by Gasteiger charge is -2.17. The van der Waals surface area contributed by atoms with Crippen molar-refractivity contribution in [2.45, 2.75) is 12.8 Å². The van der Waals surface area contributed by atoms with Crippen molar-refractivity contribution in [1.29, 1.82) is 0 Å². The van der Waals surface area contributed by atoms with E-state index >= 15 is 0 Å². The fraction of sp³-hybridized carbons (Fsp3) is 0.300. The van der Waals surface area contributed by atoms with Gasteiger partial charge < -0.3 is 9.47 Å². The molecule has 1 unspecified atom stereocenters. The maximum absolute atomic E-state index is 13.3. The van der Waals surface area contributed by atoms with Gasteiger partial charge in [0, 0.05) is 31.8 Å². The summed E-state index contributed by atoms with van der Waals surface area (Å²) in [6.45, 7) is 1.25. The zero-order valence-corrected chi connectivity index (χ0v) is 14.5. The van der Waals surface area contributed by atoms with Gasteiger partial charge in [-0.2, -0.15) is 0 Å². The van der Waals surface area contributed by atoms with Gasteiger partial charge in [-0.05, 0) is 54.7 Å². The standard InChI is InChI=1S/C20H19F2N3O/c1-24-12-23-18-9-15(2-3-19(18)24)20(26)25-5-4-13(11-25)6-14-7-16(21)10-17(22)8-14/h2-3,7-10,12-13H,4-6,11H2,1H3. The van der Waals surface area contributed by atoms with Crippen LogP contribution in [-0.2, 0) is 13.5 Å². The molecule has 0 radical (unpaired) electrons. The van der Waals surface area contributed by atoms with E-state index in [9.17, 15) is 13.6 Å². The van der Waals surface area contributed by atoms with E-state index in [1.165, 1.54) is 12.1 Å². The van der Waals surface area contributed by atoms with E-state index in [4.69, 9.17) is 0 Å². The van der Waals surface area contributed by atoms with Crippen molar-refractivity contribution in [3.8, 4) is 0 Å². The molecule has 0 spiro atoms. The molecular weight excluding hydrogens is 336 g/mol. The molecule has 1 aliphatic heterocycles. The van der Waals surface area contributed by atoms with Crippen LogP contribution in [0.2, 0.25) is 0 Å². The Morgan fingerprint density at radius 3 is 2.73 bits per heavy atom. The fourth-order valence-electron chi connectivity index (χ4n) is 3.70. The third kappa shape index (κ3) is 3.19. The second-order valence-corrected chi connectivity index (χ2v) is 6.95. The molecule has 134 valence electrons. The summed E-state index contributed by atoms with van der Waals surface area (Å²) >= 11 is 0. The molecule has 0 N–H and O–H groups in total. The molecule has 2 aromatic carbocycles. The highest BCUT2D eigenvalue weighted by atomic mass is 19.1. The molecule has 1 aromatic heterocycles. The summed E-state index contributed by atoms with van der Waals surface area (Å²) in [6.07, 6.45) is 3.12. The third-order valence-electron chi connectivity index (χ3n) is 4.99. The summed E-state index contributed by atoms with van der Waals surface area (Å²) in [4.78, 5) is 18.9. The molecule has 0 saturated carbocycles. The monoisotopic (exact) mass is 355 g/mol. The van der Waals surface area contributed by atoms with E-state index < -0.39 is 11.6 Å². The Morgan fingerprint density at radius 2 is 1.96 bits per heavy atom. The van der Waals surface area contributed by atoms with Crippen molar-refractivity contribution in [3.05, 3.63) is 65.5 Å². The van der Waals surface area contributed by atoms with Crippen molar-refractivity contribution in [1.82, 2.24) is 14.5 Å².